The van der Waals surface area contributed by atoms with Crippen LogP contribution >= 0.6 is 0 Å². The quantitative estimate of drug-likeness (QED) is 0.662. The molecule has 1 aliphatic rings. The van der Waals surface area contributed by atoms with Crippen LogP contribution in [0.3, 0.4) is 0 Å². The van der Waals surface area contributed by atoms with Gasteiger partial charge in [-0.2, -0.15) is 17.7 Å². The molecule has 154 valence electrons. The Balaban J connectivity index is 1.47. The molecule has 8 nitrogen and oxygen atoms in total. The van der Waals surface area contributed by atoms with Crippen molar-refractivity contribution < 1.29 is 13.2 Å². The lowest BCUT2D eigenvalue weighted by Gasteiger charge is -2.32. The van der Waals surface area contributed by atoms with Crippen LogP contribution in [-0.4, -0.2) is 42.5 Å². The fourth-order valence-electron chi connectivity index (χ4n) is 3.55. The van der Waals surface area contributed by atoms with Gasteiger partial charge in [0.05, 0.1) is 6.33 Å². The fraction of sp³-hybridized carbons (Fsp3) is 0.500. The van der Waals surface area contributed by atoms with Crippen LogP contribution in [0.5, 0.6) is 0 Å². The van der Waals surface area contributed by atoms with Gasteiger partial charge < -0.3 is 4.90 Å². The Morgan fingerprint density at radius 1 is 1.14 bits per heavy atom. The first kappa shape index (κ1) is 19.3. The SMILES string of the molecule is Cc1ncn(CC2CCN(c3ccc4nnc(C(F)(F)F)n4n3)CC2)c(=O)c1C. The van der Waals surface area contributed by atoms with Gasteiger partial charge in [-0.25, -0.2) is 4.98 Å². The zero-order valence-corrected chi connectivity index (χ0v) is 16.0. The second-order valence-corrected chi connectivity index (χ2v) is 7.33. The highest BCUT2D eigenvalue weighted by Crippen LogP contribution is 2.28. The minimum Gasteiger partial charge on any atom is -0.355 e. The summed E-state index contributed by atoms with van der Waals surface area (Å²) < 4.78 is 41.6. The molecule has 0 radical (unpaired) electrons. The van der Waals surface area contributed by atoms with E-state index in [1.165, 1.54) is 6.07 Å². The van der Waals surface area contributed by atoms with E-state index in [0.717, 1.165) is 23.1 Å². The van der Waals surface area contributed by atoms with Crippen LogP contribution in [-0.2, 0) is 12.7 Å². The van der Waals surface area contributed by atoms with Gasteiger partial charge in [0.25, 0.3) is 11.4 Å². The highest BCUT2D eigenvalue weighted by Gasteiger charge is 2.38. The maximum Gasteiger partial charge on any atom is 0.453 e. The summed E-state index contributed by atoms with van der Waals surface area (Å²) in [5.41, 5.74) is 1.41. The van der Waals surface area contributed by atoms with E-state index >= 15 is 0 Å². The first-order valence-electron chi connectivity index (χ1n) is 9.31. The minimum absolute atomic E-state index is 0.0284. The normalized spacial score (nSPS) is 16.0. The Labute approximate surface area is 164 Å². The van der Waals surface area contributed by atoms with Gasteiger partial charge in [-0.15, -0.1) is 15.3 Å². The Morgan fingerprint density at radius 3 is 2.55 bits per heavy atom. The molecule has 0 atom stereocenters. The van der Waals surface area contributed by atoms with Gasteiger partial charge in [-0.1, -0.05) is 0 Å². The maximum absolute atomic E-state index is 13.1. The molecule has 3 aromatic rings. The van der Waals surface area contributed by atoms with Gasteiger partial charge >= 0.3 is 6.18 Å². The summed E-state index contributed by atoms with van der Waals surface area (Å²) >= 11 is 0. The topological polar surface area (TPSA) is 81.2 Å². The number of hydrogen-bond acceptors (Lipinski definition) is 6. The number of fused-ring (bicyclic) bond motifs is 1. The number of aryl methyl sites for hydroxylation is 1. The molecule has 0 N–H and O–H groups in total. The van der Waals surface area contributed by atoms with E-state index < -0.39 is 12.0 Å². The monoisotopic (exact) mass is 407 g/mol. The number of nitrogens with zero attached hydrogens (tertiary/aromatic N) is 7. The van der Waals surface area contributed by atoms with Crippen LogP contribution in [0.2, 0.25) is 0 Å². The molecule has 4 heterocycles. The van der Waals surface area contributed by atoms with Crippen LogP contribution in [0.25, 0.3) is 5.65 Å². The highest BCUT2D eigenvalue weighted by atomic mass is 19.4. The first-order valence-corrected chi connectivity index (χ1v) is 9.31. The number of rotatable bonds is 3. The summed E-state index contributed by atoms with van der Waals surface area (Å²) in [5.74, 6) is -0.394. The molecule has 29 heavy (non-hydrogen) atoms. The Kier molecular flexibility index (Phi) is 4.75. The standard InChI is InChI=1S/C18H20F3N7O/c1-11-12(2)22-10-27(16(11)29)9-13-5-7-26(8-6-13)15-4-3-14-23-24-17(18(19,20)21)28(14)25-15/h3-4,10,13H,5-9H2,1-2H3. The third kappa shape index (κ3) is 3.68. The lowest BCUT2D eigenvalue weighted by atomic mass is 9.96. The second kappa shape index (κ2) is 7.12. The number of halogens is 3. The molecule has 0 aromatic carbocycles. The number of aromatic nitrogens is 6. The smallest absolute Gasteiger partial charge is 0.355 e. The van der Waals surface area contributed by atoms with E-state index in [2.05, 4.69) is 20.3 Å². The van der Waals surface area contributed by atoms with Crippen molar-refractivity contribution in [3.05, 3.63) is 45.9 Å². The van der Waals surface area contributed by atoms with Gasteiger partial charge in [0.1, 0.15) is 5.82 Å². The van der Waals surface area contributed by atoms with E-state index in [9.17, 15) is 18.0 Å². The van der Waals surface area contributed by atoms with E-state index in [4.69, 9.17) is 0 Å². The van der Waals surface area contributed by atoms with E-state index in [1.54, 1.807) is 23.9 Å². The highest BCUT2D eigenvalue weighted by molar-refractivity contribution is 5.46. The summed E-state index contributed by atoms with van der Waals surface area (Å²) in [5, 5.41) is 10.8. The lowest BCUT2D eigenvalue weighted by molar-refractivity contribution is -0.146. The third-order valence-electron chi connectivity index (χ3n) is 5.41. The third-order valence-corrected chi connectivity index (χ3v) is 5.41. The molecule has 1 saturated heterocycles. The average molecular weight is 407 g/mol. The Morgan fingerprint density at radius 2 is 1.86 bits per heavy atom. The average Bonchev–Trinajstić information content (AvgIpc) is 3.13. The van der Waals surface area contributed by atoms with Crippen molar-refractivity contribution >= 4 is 11.5 Å². The predicted octanol–water partition coefficient (Wildman–Crippen LogP) is 2.23. The van der Waals surface area contributed by atoms with Crippen LogP contribution in [0.4, 0.5) is 19.0 Å². The molecule has 0 bridgehead atoms. The van der Waals surface area contributed by atoms with Crippen LogP contribution in [0, 0.1) is 19.8 Å². The summed E-state index contributed by atoms with van der Waals surface area (Å²) in [4.78, 5) is 18.6. The Bertz CT molecular complexity index is 1100. The van der Waals surface area contributed by atoms with Gasteiger partial charge in [0.15, 0.2) is 5.65 Å². The zero-order chi connectivity index (χ0) is 20.8. The largest absolute Gasteiger partial charge is 0.453 e. The fourth-order valence-corrected chi connectivity index (χ4v) is 3.55. The summed E-state index contributed by atoms with van der Waals surface area (Å²) in [6.07, 6.45) is -1.44. The van der Waals surface area contributed by atoms with Crippen LogP contribution in [0.15, 0.2) is 23.3 Å². The summed E-state index contributed by atoms with van der Waals surface area (Å²) in [7, 11) is 0. The number of alkyl halides is 3. The molecule has 0 unspecified atom stereocenters. The van der Waals surface area contributed by atoms with Gasteiger partial charge in [0, 0.05) is 30.9 Å². The van der Waals surface area contributed by atoms with Crippen molar-refractivity contribution in [2.45, 2.75) is 39.4 Å². The maximum atomic E-state index is 13.1. The molecule has 1 aliphatic heterocycles. The van der Waals surface area contributed by atoms with Crippen molar-refractivity contribution in [2.24, 2.45) is 5.92 Å². The molecule has 1 fully saturated rings. The van der Waals surface area contributed by atoms with Crippen molar-refractivity contribution in [2.75, 3.05) is 18.0 Å². The lowest BCUT2D eigenvalue weighted by Crippen LogP contribution is -2.37. The van der Waals surface area contributed by atoms with Gasteiger partial charge in [-0.05, 0) is 44.7 Å². The molecular weight excluding hydrogens is 387 g/mol. The molecular formula is C18H20F3N7O. The van der Waals surface area contributed by atoms with E-state index in [1.807, 2.05) is 11.8 Å². The molecule has 0 amide bonds. The van der Waals surface area contributed by atoms with Gasteiger partial charge in [0.2, 0.25) is 0 Å². The first-order chi connectivity index (χ1) is 13.7. The van der Waals surface area contributed by atoms with E-state index in [0.29, 0.717) is 31.0 Å². The number of anilines is 1. The van der Waals surface area contributed by atoms with Gasteiger partial charge in [-0.3, -0.25) is 9.36 Å². The van der Waals surface area contributed by atoms with E-state index in [-0.39, 0.29) is 17.1 Å². The number of hydrogen-bond donors (Lipinski definition) is 0. The molecule has 0 aliphatic carbocycles. The zero-order valence-electron chi connectivity index (χ0n) is 16.0. The summed E-state index contributed by atoms with van der Waals surface area (Å²) in [6, 6.07) is 3.14. The van der Waals surface area contributed by atoms with Crippen LogP contribution in [0.1, 0.15) is 29.9 Å². The summed E-state index contributed by atoms with van der Waals surface area (Å²) in [6.45, 7) is 5.44. The van der Waals surface area contributed by atoms with Crippen molar-refractivity contribution in [1.29, 1.82) is 0 Å². The molecule has 4 rings (SSSR count). The van der Waals surface area contributed by atoms with Crippen molar-refractivity contribution in [3.63, 3.8) is 0 Å². The minimum atomic E-state index is -4.62. The molecule has 0 saturated carbocycles. The van der Waals surface area contributed by atoms with Crippen LogP contribution < -0.4 is 10.5 Å². The molecule has 0 spiro atoms. The predicted molar refractivity (Wildman–Crippen MR) is 98.7 cm³/mol. The second-order valence-electron chi connectivity index (χ2n) is 7.33. The van der Waals surface area contributed by atoms with Crippen molar-refractivity contribution in [1.82, 2.24) is 29.4 Å². The number of piperidine rings is 1. The van der Waals surface area contributed by atoms with Crippen molar-refractivity contribution in [3.8, 4) is 0 Å². The Hall–Kier alpha value is -2.98. The molecule has 11 heteroatoms. The molecule has 3 aromatic heterocycles.